The van der Waals surface area contributed by atoms with Crippen LogP contribution in [0.5, 0.6) is 0 Å². The van der Waals surface area contributed by atoms with Crippen LogP contribution in [0.3, 0.4) is 0 Å². The fourth-order valence-corrected chi connectivity index (χ4v) is 7.57. The number of benzene rings is 1. The zero-order valence-electron chi connectivity index (χ0n) is 22.4. The van der Waals surface area contributed by atoms with Gasteiger partial charge in [0, 0.05) is 17.1 Å². The van der Waals surface area contributed by atoms with Crippen LogP contribution in [0.4, 0.5) is 5.69 Å². The second kappa shape index (κ2) is 10.9. The zero-order chi connectivity index (χ0) is 27.9. The van der Waals surface area contributed by atoms with Gasteiger partial charge in [0.2, 0.25) is 5.91 Å². The predicted molar refractivity (Wildman–Crippen MR) is 148 cm³/mol. The van der Waals surface area contributed by atoms with Gasteiger partial charge in [-0.1, -0.05) is 66.7 Å². The number of carbonyl (C=O) groups excluding carboxylic acids is 3. The Labute approximate surface area is 232 Å². The van der Waals surface area contributed by atoms with Crippen molar-refractivity contribution in [3.8, 4) is 0 Å². The van der Waals surface area contributed by atoms with Crippen molar-refractivity contribution in [3.63, 3.8) is 0 Å². The van der Waals surface area contributed by atoms with E-state index in [2.05, 4.69) is 29.1 Å². The van der Waals surface area contributed by atoms with E-state index in [0.717, 1.165) is 16.8 Å². The molecule has 1 N–H and O–H groups in total. The number of esters is 1. The predicted octanol–water partition coefficient (Wildman–Crippen LogP) is 3.32. The van der Waals surface area contributed by atoms with Gasteiger partial charge in [-0.3, -0.25) is 14.4 Å². The Hall–Kier alpha value is -2.49. The molecule has 0 saturated carbocycles. The summed E-state index contributed by atoms with van der Waals surface area (Å²) in [5.41, 5.74) is 1.32. The molecule has 1 aromatic rings. The summed E-state index contributed by atoms with van der Waals surface area (Å²) < 4.78 is 11.9. The molecular weight excluding hydrogens is 552 g/mol. The van der Waals surface area contributed by atoms with Crippen LogP contribution in [0, 0.1) is 31.6 Å². The molecule has 3 aliphatic heterocycles. The third-order valence-corrected chi connectivity index (χ3v) is 9.02. The van der Waals surface area contributed by atoms with E-state index in [-0.39, 0.29) is 42.3 Å². The number of hydrogen-bond donors (Lipinski definition) is 1. The number of fused-ring (bicyclic) bond motifs is 1. The van der Waals surface area contributed by atoms with E-state index >= 15 is 0 Å². The number of aliphatic hydroxyl groups excluding tert-OH is 1. The van der Waals surface area contributed by atoms with Crippen molar-refractivity contribution in [2.24, 2.45) is 17.8 Å². The van der Waals surface area contributed by atoms with Gasteiger partial charge in [-0.15, -0.1) is 6.58 Å². The maximum Gasteiger partial charge on any atom is 0.312 e. The van der Waals surface area contributed by atoms with Gasteiger partial charge in [0.1, 0.15) is 18.2 Å². The fraction of sp³-hybridized carbons (Fsp3) is 0.552. The molecule has 9 heteroatoms. The van der Waals surface area contributed by atoms with Gasteiger partial charge in [0.25, 0.3) is 5.91 Å². The lowest BCUT2D eigenvalue weighted by atomic mass is 9.70. The van der Waals surface area contributed by atoms with Crippen molar-refractivity contribution in [1.82, 2.24) is 4.90 Å². The first kappa shape index (κ1) is 28.5. The van der Waals surface area contributed by atoms with E-state index in [0.29, 0.717) is 6.42 Å². The van der Waals surface area contributed by atoms with Gasteiger partial charge >= 0.3 is 5.97 Å². The van der Waals surface area contributed by atoms with Crippen molar-refractivity contribution in [2.45, 2.75) is 62.7 Å². The smallest absolute Gasteiger partial charge is 0.312 e. The number of hydrogen-bond acceptors (Lipinski definition) is 6. The average molecular weight is 590 g/mol. The first-order valence-corrected chi connectivity index (χ1v) is 14.0. The summed E-state index contributed by atoms with van der Waals surface area (Å²) in [5.74, 6) is -3.15. The summed E-state index contributed by atoms with van der Waals surface area (Å²) in [6.07, 6.45) is 2.89. The van der Waals surface area contributed by atoms with Gasteiger partial charge in [-0.25, -0.2) is 0 Å². The number of para-hydroxylation sites is 1. The molecule has 0 aromatic heterocycles. The van der Waals surface area contributed by atoms with E-state index in [1.54, 1.807) is 11.0 Å². The molecule has 3 heterocycles. The number of rotatable bonds is 10. The number of halogens is 1. The summed E-state index contributed by atoms with van der Waals surface area (Å²) in [4.78, 5) is 45.1. The lowest BCUT2D eigenvalue weighted by Crippen LogP contribution is -2.60. The van der Waals surface area contributed by atoms with E-state index < -0.39 is 41.6 Å². The number of aryl methyl sites for hydroxylation is 2. The molecule has 0 radical (unpaired) electrons. The normalized spacial score (nSPS) is 30.3. The van der Waals surface area contributed by atoms with Gasteiger partial charge in [0.15, 0.2) is 0 Å². The lowest BCUT2D eigenvalue weighted by molar-refractivity contribution is -0.155. The van der Waals surface area contributed by atoms with Crippen molar-refractivity contribution >= 4 is 39.4 Å². The molecule has 3 fully saturated rings. The summed E-state index contributed by atoms with van der Waals surface area (Å²) in [6.45, 7) is 15.1. The second-order valence-corrected chi connectivity index (χ2v) is 12.0. The van der Waals surface area contributed by atoms with Crippen LogP contribution in [0.2, 0.25) is 0 Å². The Bertz CT molecular complexity index is 1120. The number of carbonyl (C=O) groups is 3. The third-order valence-electron chi connectivity index (χ3n) is 8.18. The molecule has 1 spiro atoms. The minimum absolute atomic E-state index is 0.0138. The van der Waals surface area contributed by atoms with Crippen molar-refractivity contribution < 1.29 is 29.0 Å². The summed E-state index contributed by atoms with van der Waals surface area (Å²) in [5, 5.41) is 10.4. The number of nitrogens with zero attached hydrogens (tertiary/aromatic N) is 2. The van der Waals surface area contributed by atoms with E-state index in [9.17, 15) is 19.5 Å². The van der Waals surface area contributed by atoms with E-state index in [1.807, 2.05) is 45.9 Å². The van der Waals surface area contributed by atoms with Gasteiger partial charge in [-0.05, 0) is 37.3 Å². The standard InChI is InChI=1S/C29H37BrN2O6/c1-7-12-31(23-17(5)10-9-11-18(23)6)27(35)25-29-14-19(30)24(38-29)21(28(36)37-13-8-2)22(29)26(34)32(25)20(15-33)16(3)4/h7-11,16,19-22,24-25,33H,1-2,12-15H2,3-6H3/t19?,20-,21+,22-,24+,25?,29?/m0/s1. The molecular formula is C29H37BrN2O6. The fourth-order valence-electron chi connectivity index (χ4n) is 6.63. The van der Waals surface area contributed by atoms with Crippen molar-refractivity contribution in [2.75, 3.05) is 24.7 Å². The number of ether oxygens (including phenoxy) is 2. The van der Waals surface area contributed by atoms with Crippen LogP contribution in [-0.2, 0) is 23.9 Å². The molecule has 1 aromatic carbocycles. The molecule has 3 unspecified atom stereocenters. The quantitative estimate of drug-likeness (QED) is 0.256. The first-order chi connectivity index (χ1) is 18.0. The van der Waals surface area contributed by atoms with E-state index in [4.69, 9.17) is 9.47 Å². The molecule has 7 atom stereocenters. The average Bonchev–Trinajstić information content (AvgIpc) is 3.45. The Morgan fingerprint density at radius 1 is 1.29 bits per heavy atom. The lowest BCUT2D eigenvalue weighted by Gasteiger charge is -2.41. The highest BCUT2D eigenvalue weighted by atomic mass is 79.9. The second-order valence-electron chi connectivity index (χ2n) is 10.8. The molecule has 2 amide bonds. The minimum atomic E-state index is -1.25. The number of likely N-dealkylation sites (tertiary alicyclic amines) is 1. The number of alkyl halides is 1. The minimum Gasteiger partial charge on any atom is -0.461 e. The third kappa shape index (κ3) is 4.32. The highest BCUT2D eigenvalue weighted by Crippen LogP contribution is 2.61. The van der Waals surface area contributed by atoms with Crippen LogP contribution in [0.1, 0.15) is 31.4 Å². The Kier molecular flexibility index (Phi) is 8.21. The highest BCUT2D eigenvalue weighted by molar-refractivity contribution is 9.09. The summed E-state index contributed by atoms with van der Waals surface area (Å²) in [6, 6.07) is 4.13. The Morgan fingerprint density at radius 2 is 1.95 bits per heavy atom. The van der Waals surface area contributed by atoms with Gasteiger partial charge in [0.05, 0.1) is 30.6 Å². The molecule has 4 rings (SSSR count). The number of amides is 2. The van der Waals surface area contributed by atoms with Gasteiger partial charge < -0.3 is 24.4 Å². The van der Waals surface area contributed by atoms with Crippen LogP contribution >= 0.6 is 15.9 Å². The monoisotopic (exact) mass is 588 g/mol. The topological polar surface area (TPSA) is 96.4 Å². The van der Waals surface area contributed by atoms with Crippen LogP contribution < -0.4 is 4.90 Å². The molecule has 2 bridgehead atoms. The van der Waals surface area contributed by atoms with Crippen molar-refractivity contribution in [3.05, 3.63) is 54.6 Å². The molecule has 206 valence electrons. The molecule has 8 nitrogen and oxygen atoms in total. The van der Waals surface area contributed by atoms with Gasteiger partial charge in [-0.2, -0.15) is 0 Å². The number of aliphatic hydroxyl groups is 1. The van der Waals surface area contributed by atoms with Crippen LogP contribution in [-0.4, -0.2) is 76.2 Å². The van der Waals surface area contributed by atoms with Crippen molar-refractivity contribution in [1.29, 1.82) is 0 Å². The largest absolute Gasteiger partial charge is 0.461 e. The summed E-state index contributed by atoms with van der Waals surface area (Å²) >= 11 is 3.67. The van der Waals surface area contributed by atoms with Crippen LogP contribution in [0.25, 0.3) is 0 Å². The number of anilines is 1. The maximum atomic E-state index is 14.7. The zero-order valence-corrected chi connectivity index (χ0v) is 24.0. The SMILES string of the molecule is C=CCOC(=O)[C@H]1[C@@H]2OC3(CC2Br)C(C(=O)N(CC=C)c2c(C)cccc2C)N([C@@H](CO)C(C)C)C(=O)[C@H]13. The molecule has 0 aliphatic carbocycles. The molecule has 3 aliphatic rings. The van der Waals surface area contributed by atoms with Crippen LogP contribution in [0.15, 0.2) is 43.5 Å². The maximum absolute atomic E-state index is 14.7. The highest BCUT2D eigenvalue weighted by Gasteiger charge is 2.77. The van der Waals surface area contributed by atoms with E-state index in [1.165, 1.54) is 11.0 Å². The Balaban J connectivity index is 1.88. The summed E-state index contributed by atoms with van der Waals surface area (Å²) in [7, 11) is 0. The Morgan fingerprint density at radius 3 is 2.50 bits per heavy atom. The molecule has 38 heavy (non-hydrogen) atoms. The first-order valence-electron chi connectivity index (χ1n) is 13.1. The molecule has 3 saturated heterocycles.